The molecule has 0 unspecified atom stereocenters. The van der Waals surface area contributed by atoms with Crippen LogP contribution in [0, 0.1) is 0 Å². The number of anilines is 1. The lowest BCUT2D eigenvalue weighted by atomic mass is 10.1. The van der Waals surface area contributed by atoms with Crippen molar-refractivity contribution in [3.05, 3.63) is 83.9 Å². The highest BCUT2D eigenvalue weighted by Gasteiger charge is 2.18. The molecule has 5 nitrogen and oxygen atoms in total. The Morgan fingerprint density at radius 2 is 1.52 bits per heavy atom. The topological polar surface area (TPSA) is 64.6 Å². The van der Waals surface area contributed by atoms with Gasteiger partial charge in [0.15, 0.2) is 5.78 Å². The van der Waals surface area contributed by atoms with Crippen molar-refractivity contribution in [2.24, 2.45) is 0 Å². The van der Waals surface area contributed by atoms with Crippen LogP contribution >= 0.6 is 11.8 Å². The van der Waals surface area contributed by atoms with Crippen LogP contribution in [0.1, 0.15) is 20.7 Å². The van der Waals surface area contributed by atoms with Gasteiger partial charge < -0.3 is 14.8 Å². The summed E-state index contributed by atoms with van der Waals surface area (Å²) in [7, 11) is 3.01. The fourth-order valence-electron chi connectivity index (χ4n) is 2.79. The van der Waals surface area contributed by atoms with Crippen LogP contribution in [0.2, 0.25) is 0 Å². The molecule has 29 heavy (non-hydrogen) atoms. The van der Waals surface area contributed by atoms with Gasteiger partial charge in [-0.1, -0.05) is 42.5 Å². The number of hydrogen-bond acceptors (Lipinski definition) is 5. The Labute approximate surface area is 174 Å². The number of thioether (sulfide) groups is 1. The van der Waals surface area contributed by atoms with E-state index in [1.165, 1.54) is 26.0 Å². The molecule has 0 atom stereocenters. The summed E-state index contributed by atoms with van der Waals surface area (Å²) in [5.41, 5.74) is 1.64. The fourth-order valence-corrected chi connectivity index (χ4v) is 3.64. The van der Waals surface area contributed by atoms with Gasteiger partial charge in [0.05, 0.1) is 20.0 Å². The van der Waals surface area contributed by atoms with Gasteiger partial charge in [0.25, 0.3) is 5.91 Å². The van der Waals surface area contributed by atoms with Crippen LogP contribution in [-0.2, 0) is 0 Å². The first-order valence-electron chi connectivity index (χ1n) is 8.96. The van der Waals surface area contributed by atoms with Crippen LogP contribution in [0.3, 0.4) is 0 Å². The third-order valence-corrected chi connectivity index (χ3v) is 5.21. The van der Waals surface area contributed by atoms with Gasteiger partial charge in [0, 0.05) is 16.1 Å². The minimum atomic E-state index is -0.332. The van der Waals surface area contributed by atoms with E-state index in [0.29, 0.717) is 34.1 Å². The Bertz CT molecular complexity index is 983. The predicted octanol–water partition coefficient (Wildman–Crippen LogP) is 4.93. The number of ether oxygens (including phenoxy) is 2. The first-order valence-corrected chi connectivity index (χ1v) is 9.94. The van der Waals surface area contributed by atoms with E-state index in [1.54, 1.807) is 36.4 Å². The highest BCUT2D eigenvalue weighted by Crippen LogP contribution is 2.30. The quantitative estimate of drug-likeness (QED) is 0.424. The third-order valence-electron chi connectivity index (χ3n) is 4.21. The van der Waals surface area contributed by atoms with Gasteiger partial charge in [-0.25, -0.2) is 0 Å². The van der Waals surface area contributed by atoms with Crippen molar-refractivity contribution in [3.63, 3.8) is 0 Å². The molecule has 148 valence electrons. The first-order chi connectivity index (χ1) is 14.1. The number of hydrogen-bond donors (Lipinski definition) is 1. The Kier molecular flexibility index (Phi) is 6.92. The highest BCUT2D eigenvalue weighted by molar-refractivity contribution is 8.00. The molecule has 0 aliphatic heterocycles. The number of carbonyl (C=O) groups is 2. The second-order valence-corrected chi connectivity index (χ2v) is 7.15. The monoisotopic (exact) mass is 407 g/mol. The molecule has 0 saturated carbocycles. The van der Waals surface area contributed by atoms with Gasteiger partial charge in [-0.15, -0.1) is 11.8 Å². The molecule has 0 aliphatic carbocycles. The van der Waals surface area contributed by atoms with Crippen LogP contribution < -0.4 is 14.8 Å². The van der Waals surface area contributed by atoms with E-state index in [2.05, 4.69) is 5.32 Å². The van der Waals surface area contributed by atoms with Crippen LogP contribution in [-0.4, -0.2) is 31.7 Å². The number of nitrogens with one attached hydrogen (secondary N) is 1. The SMILES string of the molecule is COc1cccc(OC)c1C(=O)Nc1cccc(SCC(=O)c2ccccc2)c1. The lowest BCUT2D eigenvalue weighted by Crippen LogP contribution is -2.14. The number of methoxy groups -OCH3 is 2. The molecule has 0 saturated heterocycles. The lowest BCUT2D eigenvalue weighted by molar-refractivity contribution is 0.101. The Morgan fingerprint density at radius 1 is 0.862 bits per heavy atom. The van der Waals surface area contributed by atoms with E-state index in [1.807, 2.05) is 36.4 Å². The summed E-state index contributed by atoms with van der Waals surface area (Å²) in [6, 6.07) is 21.7. The lowest BCUT2D eigenvalue weighted by Gasteiger charge is -2.13. The molecule has 1 N–H and O–H groups in total. The Hall–Kier alpha value is -3.25. The summed E-state index contributed by atoms with van der Waals surface area (Å²) in [6.45, 7) is 0. The average Bonchev–Trinajstić information content (AvgIpc) is 2.77. The van der Waals surface area contributed by atoms with Crippen molar-refractivity contribution < 1.29 is 19.1 Å². The maximum atomic E-state index is 12.8. The number of amides is 1. The van der Waals surface area contributed by atoms with Crippen molar-refractivity contribution >= 4 is 29.1 Å². The van der Waals surface area contributed by atoms with Crippen LogP contribution in [0.5, 0.6) is 11.5 Å². The zero-order valence-electron chi connectivity index (χ0n) is 16.2. The van der Waals surface area contributed by atoms with Crippen molar-refractivity contribution in [2.75, 3.05) is 25.3 Å². The number of ketones is 1. The maximum Gasteiger partial charge on any atom is 0.263 e. The summed E-state index contributed by atoms with van der Waals surface area (Å²) in [5, 5.41) is 2.87. The summed E-state index contributed by atoms with van der Waals surface area (Å²) >= 11 is 1.43. The van der Waals surface area contributed by atoms with Gasteiger partial charge in [0.1, 0.15) is 17.1 Å². The van der Waals surface area contributed by atoms with Gasteiger partial charge >= 0.3 is 0 Å². The van der Waals surface area contributed by atoms with E-state index >= 15 is 0 Å². The Balaban J connectivity index is 1.70. The normalized spacial score (nSPS) is 10.3. The van der Waals surface area contributed by atoms with Crippen molar-refractivity contribution in [1.29, 1.82) is 0 Å². The molecule has 1 amide bonds. The average molecular weight is 407 g/mol. The summed E-state index contributed by atoms with van der Waals surface area (Å²) < 4.78 is 10.6. The molecule has 6 heteroatoms. The maximum absolute atomic E-state index is 12.8. The highest BCUT2D eigenvalue weighted by atomic mass is 32.2. The molecule has 3 aromatic carbocycles. The number of Topliss-reactive ketones (excluding diaryl/α,β-unsaturated/α-hetero) is 1. The van der Waals surface area contributed by atoms with E-state index < -0.39 is 0 Å². The van der Waals surface area contributed by atoms with Gasteiger partial charge in [0.2, 0.25) is 0 Å². The molecule has 0 fully saturated rings. The second-order valence-electron chi connectivity index (χ2n) is 6.10. The third kappa shape index (κ3) is 5.18. The largest absolute Gasteiger partial charge is 0.496 e. The van der Waals surface area contributed by atoms with Crippen molar-refractivity contribution in [1.82, 2.24) is 0 Å². The minimum Gasteiger partial charge on any atom is -0.496 e. The first kappa shape index (κ1) is 20.5. The summed E-state index contributed by atoms with van der Waals surface area (Å²) in [5.74, 6) is 0.911. The van der Waals surface area contributed by atoms with E-state index in [-0.39, 0.29) is 11.7 Å². The van der Waals surface area contributed by atoms with E-state index in [9.17, 15) is 9.59 Å². The molecule has 3 rings (SSSR count). The van der Waals surface area contributed by atoms with E-state index in [4.69, 9.17) is 9.47 Å². The van der Waals surface area contributed by atoms with E-state index in [0.717, 1.165) is 4.90 Å². The summed E-state index contributed by atoms with van der Waals surface area (Å²) in [6.07, 6.45) is 0. The molecule has 0 heterocycles. The predicted molar refractivity (Wildman–Crippen MR) is 115 cm³/mol. The molecular formula is C23H21NO4S. The number of benzene rings is 3. The standard InChI is InChI=1S/C23H21NO4S/c1-27-20-12-7-13-21(28-2)22(20)23(26)24-17-10-6-11-18(14-17)29-15-19(25)16-8-4-3-5-9-16/h3-14H,15H2,1-2H3,(H,24,26). The number of carbonyl (C=O) groups excluding carboxylic acids is 2. The molecular weight excluding hydrogens is 386 g/mol. The smallest absolute Gasteiger partial charge is 0.263 e. The fraction of sp³-hybridized carbons (Fsp3) is 0.130. The molecule has 3 aromatic rings. The summed E-state index contributed by atoms with van der Waals surface area (Å²) in [4.78, 5) is 26.0. The Morgan fingerprint density at radius 3 is 2.17 bits per heavy atom. The molecule has 0 aromatic heterocycles. The van der Waals surface area contributed by atoms with Crippen LogP contribution in [0.25, 0.3) is 0 Å². The molecule has 0 aliphatic rings. The molecule has 0 bridgehead atoms. The van der Waals surface area contributed by atoms with Gasteiger partial charge in [-0.2, -0.15) is 0 Å². The van der Waals surface area contributed by atoms with Gasteiger partial charge in [-0.3, -0.25) is 9.59 Å². The minimum absolute atomic E-state index is 0.0591. The van der Waals surface area contributed by atoms with Crippen molar-refractivity contribution in [3.8, 4) is 11.5 Å². The number of rotatable bonds is 8. The molecule has 0 radical (unpaired) electrons. The van der Waals surface area contributed by atoms with Crippen molar-refractivity contribution in [2.45, 2.75) is 4.90 Å². The zero-order valence-corrected chi connectivity index (χ0v) is 17.0. The molecule has 0 spiro atoms. The van der Waals surface area contributed by atoms with Crippen LogP contribution in [0.4, 0.5) is 5.69 Å². The van der Waals surface area contributed by atoms with Crippen LogP contribution in [0.15, 0.2) is 77.7 Å². The zero-order chi connectivity index (χ0) is 20.6. The second kappa shape index (κ2) is 9.80. The van der Waals surface area contributed by atoms with Gasteiger partial charge in [-0.05, 0) is 30.3 Å².